The third-order valence-corrected chi connectivity index (χ3v) is 1.01. The van der Waals surface area contributed by atoms with Crippen molar-refractivity contribution in [3.05, 3.63) is 35.9 Å². The molecular weight excluding hydrogens is 100 g/mol. The van der Waals surface area contributed by atoms with E-state index in [0.29, 0.717) is 0 Å². The van der Waals surface area contributed by atoms with Gasteiger partial charge in [-0.2, -0.15) is 0 Å². The molecule has 0 amide bonds. The van der Waals surface area contributed by atoms with Crippen LogP contribution in [0.25, 0.3) is 0 Å². The summed E-state index contributed by atoms with van der Waals surface area (Å²) in [4.78, 5) is 0. The van der Waals surface area contributed by atoms with Crippen LogP contribution in [0.3, 0.4) is 0 Å². The Bertz CT molecular complexity index is 146. The van der Waals surface area contributed by atoms with Crippen LogP contribution in [0.2, 0.25) is 0 Å². The minimum atomic E-state index is -0.110. The molecule has 0 saturated carbocycles. The van der Waals surface area contributed by atoms with Crippen LogP contribution in [0.15, 0.2) is 30.3 Å². The lowest BCUT2D eigenvalue weighted by Crippen LogP contribution is -1.75. The van der Waals surface area contributed by atoms with Gasteiger partial charge in [0.05, 0.1) is 0 Å². The molecule has 0 bridgehead atoms. The number of benzene rings is 1. The molecule has 0 heterocycles. The largest absolute Gasteiger partial charge is 0.232 e. The van der Waals surface area contributed by atoms with Crippen LogP contribution < -0.4 is 0 Å². The van der Waals surface area contributed by atoms with E-state index in [0.717, 1.165) is 5.56 Å². The van der Waals surface area contributed by atoms with Gasteiger partial charge in [-0.05, 0) is 5.56 Å². The maximum absolute atomic E-state index is 10.1. The van der Waals surface area contributed by atoms with E-state index in [1.54, 1.807) is 0 Å². The molecule has 0 aliphatic carbocycles. The van der Waals surface area contributed by atoms with E-state index in [-0.39, 0.29) is 6.61 Å². The first-order valence-corrected chi connectivity index (χ1v) is 2.55. The molecule has 1 aromatic carbocycles. The summed E-state index contributed by atoms with van der Waals surface area (Å²) in [6, 6.07) is 9.29. The zero-order valence-corrected chi connectivity index (χ0v) is 4.50. The van der Waals surface area contributed by atoms with Crippen LogP contribution in [0, 0.1) is 0 Å². The molecule has 1 radical (unpaired) electrons. The molecule has 1 heteroatoms. The molecule has 0 N–H and O–H groups in total. The highest BCUT2D eigenvalue weighted by Gasteiger charge is 1.82. The average Bonchev–Trinajstić information content (AvgIpc) is 1.90. The quantitative estimate of drug-likeness (QED) is 0.519. The molecule has 0 fully saturated rings. The lowest BCUT2D eigenvalue weighted by atomic mass is 10.2. The van der Waals surface area contributed by atoms with Gasteiger partial charge in [-0.1, -0.05) is 30.3 Å². The fraction of sp³-hybridized carbons (Fsp3) is 0.143. The van der Waals surface area contributed by atoms with Crippen LogP contribution in [0.5, 0.6) is 0 Å². The second-order valence-corrected chi connectivity index (χ2v) is 1.63. The van der Waals surface area contributed by atoms with Gasteiger partial charge in [0.15, 0.2) is 0 Å². The lowest BCUT2D eigenvalue weighted by Gasteiger charge is -1.87. The topological polar surface area (TPSA) is 19.9 Å². The third-order valence-electron chi connectivity index (χ3n) is 1.01. The van der Waals surface area contributed by atoms with Crippen molar-refractivity contribution >= 4 is 0 Å². The van der Waals surface area contributed by atoms with E-state index in [9.17, 15) is 5.11 Å². The van der Waals surface area contributed by atoms with Gasteiger partial charge in [0.25, 0.3) is 0 Å². The van der Waals surface area contributed by atoms with Gasteiger partial charge in [0, 0.05) is 0 Å². The Hall–Kier alpha value is -0.820. The van der Waals surface area contributed by atoms with E-state index in [2.05, 4.69) is 0 Å². The highest BCUT2D eigenvalue weighted by molar-refractivity contribution is 5.12. The Balaban J connectivity index is 2.83. The van der Waals surface area contributed by atoms with Crippen LogP contribution in [-0.4, -0.2) is 0 Å². The summed E-state index contributed by atoms with van der Waals surface area (Å²) in [5.74, 6) is 0. The zero-order chi connectivity index (χ0) is 5.82. The van der Waals surface area contributed by atoms with Crippen molar-refractivity contribution in [2.75, 3.05) is 0 Å². The van der Waals surface area contributed by atoms with E-state index in [1.807, 2.05) is 30.3 Å². The van der Waals surface area contributed by atoms with Crippen molar-refractivity contribution in [1.29, 1.82) is 0 Å². The van der Waals surface area contributed by atoms with Crippen LogP contribution >= 0.6 is 0 Å². The molecule has 1 rings (SSSR count). The Morgan fingerprint density at radius 3 is 2.12 bits per heavy atom. The van der Waals surface area contributed by atoms with Gasteiger partial charge in [0.1, 0.15) is 6.61 Å². The van der Waals surface area contributed by atoms with Gasteiger partial charge in [0.2, 0.25) is 0 Å². The molecule has 41 valence electrons. The molecule has 0 aliphatic rings. The summed E-state index contributed by atoms with van der Waals surface area (Å²) < 4.78 is 0. The maximum Gasteiger partial charge on any atom is 0.107 e. The van der Waals surface area contributed by atoms with Crippen LogP contribution in [-0.2, 0) is 11.7 Å². The summed E-state index contributed by atoms with van der Waals surface area (Å²) >= 11 is 0. The van der Waals surface area contributed by atoms with Gasteiger partial charge in [-0.25, -0.2) is 5.11 Å². The smallest absolute Gasteiger partial charge is 0.107 e. The second kappa shape index (κ2) is 2.48. The summed E-state index contributed by atoms with van der Waals surface area (Å²) in [6.45, 7) is -0.110. The van der Waals surface area contributed by atoms with Crippen molar-refractivity contribution in [3.8, 4) is 0 Å². The fourth-order valence-corrected chi connectivity index (χ4v) is 0.574. The Labute approximate surface area is 48.6 Å². The van der Waals surface area contributed by atoms with Gasteiger partial charge in [-0.3, -0.25) is 0 Å². The highest BCUT2D eigenvalue weighted by Crippen LogP contribution is 1.95. The molecule has 1 nitrogen and oxygen atoms in total. The predicted molar refractivity (Wildman–Crippen MR) is 30.8 cm³/mol. The van der Waals surface area contributed by atoms with Crippen LogP contribution in [0.4, 0.5) is 0 Å². The number of rotatable bonds is 1. The predicted octanol–water partition coefficient (Wildman–Crippen LogP) is 1.62. The molecule has 0 atom stereocenters. The van der Waals surface area contributed by atoms with Crippen molar-refractivity contribution in [2.24, 2.45) is 0 Å². The minimum Gasteiger partial charge on any atom is -0.232 e. The van der Waals surface area contributed by atoms with Gasteiger partial charge in [-0.15, -0.1) is 0 Å². The molecule has 0 aromatic heterocycles. The lowest BCUT2D eigenvalue weighted by molar-refractivity contribution is 0.177. The molecule has 1 aromatic rings. The summed E-state index contributed by atoms with van der Waals surface area (Å²) in [7, 11) is 0. The van der Waals surface area contributed by atoms with Crippen molar-refractivity contribution in [3.63, 3.8) is 0 Å². The molecule has 0 saturated heterocycles. The van der Waals surface area contributed by atoms with Gasteiger partial charge < -0.3 is 0 Å². The molecule has 8 heavy (non-hydrogen) atoms. The maximum atomic E-state index is 10.1. The first-order chi connectivity index (χ1) is 3.93. The van der Waals surface area contributed by atoms with E-state index in [4.69, 9.17) is 0 Å². The zero-order valence-electron chi connectivity index (χ0n) is 4.50. The molecule has 0 spiro atoms. The fourth-order valence-electron chi connectivity index (χ4n) is 0.574. The Kier molecular flexibility index (Phi) is 1.65. The van der Waals surface area contributed by atoms with E-state index in [1.165, 1.54) is 0 Å². The minimum absolute atomic E-state index is 0.110. The molecule has 0 unspecified atom stereocenters. The molecular formula is C7H7O. The summed E-state index contributed by atoms with van der Waals surface area (Å²) in [5.41, 5.74) is 0.854. The van der Waals surface area contributed by atoms with Gasteiger partial charge >= 0.3 is 0 Å². The Morgan fingerprint density at radius 2 is 1.75 bits per heavy atom. The normalized spacial score (nSPS) is 9.12. The van der Waals surface area contributed by atoms with Crippen LogP contribution in [0.1, 0.15) is 5.56 Å². The first-order valence-electron chi connectivity index (χ1n) is 2.55. The SMILES string of the molecule is [O]Cc1ccccc1. The van der Waals surface area contributed by atoms with Crippen molar-refractivity contribution in [1.82, 2.24) is 0 Å². The van der Waals surface area contributed by atoms with E-state index < -0.39 is 0 Å². The van der Waals surface area contributed by atoms with Crippen molar-refractivity contribution < 1.29 is 5.11 Å². The first kappa shape index (κ1) is 5.32. The number of hydrogen-bond donors (Lipinski definition) is 0. The monoisotopic (exact) mass is 107 g/mol. The van der Waals surface area contributed by atoms with E-state index >= 15 is 0 Å². The second-order valence-electron chi connectivity index (χ2n) is 1.63. The summed E-state index contributed by atoms with van der Waals surface area (Å²) in [5, 5.41) is 10.1. The average molecular weight is 107 g/mol. The summed E-state index contributed by atoms with van der Waals surface area (Å²) in [6.07, 6.45) is 0. The highest BCUT2D eigenvalue weighted by atomic mass is 16.3. The van der Waals surface area contributed by atoms with Crippen molar-refractivity contribution in [2.45, 2.75) is 6.61 Å². The third kappa shape index (κ3) is 1.07. The Morgan fingerprint density at radius 1 is 1.12 bits per heavy atom. The number of hydrogen-bond acceptors (Lipinski definition) is 0. The molecule has 0 aliphatic heterocycles. The standard InChI is InChI=1S/C7H7O/c8-6-7-4-2-1-3-5-7/h1-5H,6H2.